The van der Waals surface area contributed by atoms with Gasteiger partial charge in [-0.1, -0.05) is 0 Å². The number of pyridine rings is 6. The predicted octanol–water partition coefficient (Wildman–Crippen LogP) is -2.94. The first-order chi connectivity index (χ1) is 17.9. The summed E-state index contributed by atoms with van der Waals surface area (Å²) in [6.45, 7) is 0. The zero-order valence-electron chi connectivity index (χ0n) is 42.6. The van der Waals surface area contributed by atoms with Crippen LogP contribution in [0.5, 0.6) is 0 Å². The molecule has 0 saturated carbocycles. The number of rotatable bonds is 3. The van der Waals surface area contributed by atoms with Crippen molar-refractivity contribution in [2.75, 3.05) is 0 Å². The van der Waals surface area contributed by atoms with Crippen LogP contribution in [0.3, 0.4) is 0 Å². The molecule has 0 amide bonds. The average molecular weight is 2380 g/mol. The van der Waals surface area contributed by atoms with Gasteiger partial charge in [-0.05, 0) is 57.6 Å². The van der Waals surface area contributed by atoms with Crippen molar-refractivity contribution in [1.82, 2.24) is 9.97 Å². The second-order valence-corrected chi connectivity index (χ2v) is 7.63. The van der Waals surface area contributed by atoms with Crippen molar-refractivity contribution >= 4 is 17.6 Å². The van der Waals surface area contributed by atoms with E-state index in [0.29, 0.717) is 0 Å². The Bertz CT molecular complexity index is 1230. The third-order valence-electron chi connectivity index (χ3n) is 5.23. The first kappa shape index (κ1) is 468. The predicted molar refractivity (Wildman–Crippen MR) is 183 cm³/mol. The Balaban J connectivity index is -0.00000000385. The van der Waals surface area contributed by atoms with Crippen LogP contribution in [0.2, 0.25) is 0 Å². The molecule has 12 N–H and O–H groups in total. The molecule has 6 aromatic rings. The molecule has 0 aliphatic heterocycles. The average Bonchev–Trinajstić information content (AvgIpc) is 3.01. The molecule has 0 atom stereocenters. The minimum absolute atomic E-state index is 0. The fourth-order valence-electron chi connectivity index (χ4n) is 3.41. The van der Waals surface area contributed by atoms with Gasteiger partial charge < -0.3 is 230 Å². The van der Waals surface area contributed by atoms with E-state index >= 15 is 0 Å². The van der Waals surface area contributed by atoms with E-state index < -0.39 is 0 Å². The van der Waals surface area contributed by atoms with E-state index in [1.807, 2.05) is 98.1 Å². The van der Waals surface area contributed by atoms with Gasteiger partial charge in [-0.15, -0.1) is 0 Å². The monoisotopic (exact) mass is 2400 g/mol. The van der Waals surface area contributed by atoms with Gasteiger partial charge in [-0.25, -0.2) is 19.9 Å². The summed E-state index contributed by atoms with van der Waals surface area (Å²) in [5.41, 5.74) is 7.25. The van der Waals surface area contributed by atoms with Crippen LogP contribution in [0, 0.1) is 0 Å². The van der Waals surface area contributed by atoms with Gasteiger partial charge in [0.2, 0.25) is 0 Å². The standard InChI is InChI=1S/3C10H8N2.Ge.12Mo.6H2O.36O/c3*1-5-11-6-2-9(1)10-3-7-12-8-4-10;;;;;;;;;;;;;;;;;;;;;;;;;;;;;;;;;;;;;;;;;;;;;;;;;;;;;;;/h3*1-8H;;;;;;;;;;;;;;6*1H2;;;;;;;;;;;;;;;;;;;;;;;;;;;;;;;;;;;;/q;;;;;;;;;;;;;;;;;;;;;;36*-2. The number of hydrogen-bond acceptors (Lipinski definition) is 6. The third-order valence-corrected chi connectivity index (χ3v) is 5.23. The van der Waals surface area contributed by atoms with E-state index in [1.165, 1.54) is 33.4 Å². The third kappa shape index (κ3) is 194. The largest absolute Gasteiger partial charge is 2.00 e. The molecule has 61 heteroatoms. The van der Waals surface area contributed by atoms with E-state index in [4.69, 9.17) is 0 Å². The number of nitrogens with zero attached hydrogens (tertiary/aromatic N) is 2. The van der Waals surface area contributed by atoms with Crippen LogP contribution in [0.4, 0.5) is 0 Å². The Morgan fingerprint density at radius 2 is 0.242 bits per heavy atom. The Morgan fingerprint density at radius 1 is 0.165 bits per heavy atom. The number of hydrogen-bond donors (Lipinski definition) is 0. The molecule has 0 bridgehead atoms. The number of nitrogens with one attached hydrogen (secondary N) is 4. The number of aromatic amines is 4. The minimum atomic E-state index is 0. The van der Waals surface area contributed by atoms with Crippen LogP contribution in [-0.4, -0.2) is 60.4 Å². The Kier molecular flexibility index (Phi) is 1570. The van der Waals surface area contributed by atoms with Crippen molar-refractivity contribution in [3.8, 4) is 33.4 Å². The van der Waals surface area contributed by atoms with E-state index in [0.717, 1.165) is 0 Å². The van der Waals surface area contributed by atoms with Crippen LogP contribution in [0.1, 0.15) is 0 Å². The van der Waals surface area contributed by atoms with E-state index in [-0.39, 0.29) is 500 Å². The van der Waals surface area contributed by atoms with Gasteiger partial charge in [0.05, 0.1) is 0 Å². The van der Waals surface area contributed by atoms with E-state index in [9.17, 15) is 0 Å². The molecular weight excluding hydrogens is 2340 g/mol. The van der Waals surface area contributed by atoms with Gasteiger partial charge in [0, 0.05) is 344 Å². The maximum atomic E-state index is 3.96. The zero-order chi connectivity index (χ0) is 24.7. The maximum Gasteiger partial charge on any atom is 0.167 e. The van der Waals surface area contributed by atoms with E-state index in [2.05, 4.69) is 54.2 Å². The molecule has 0 aromatic carbocycles. The van der Waals surface area contributed by atoms with Crippen molar-refractivity contribution < 1.29 is 503 Å². The smallest absolute Gasteiger partial charge is 0.167 e. The van der Waals surface area contributed by atoms with Crippen LogP contribution >= 0.6 is 0 Å². The summed E-state index contributed by atoms with van der Waals surface area (Å²) in [5.74, 6) is 0. The molecule has 6 heterocycles. The second kappa shape index (κ2) is 305. The molecule has 91 heavy (non-hydrogen) atoms. The summed E-state index contributed by atoms with van der Waals surface area (Å²) in [4.78, 5) is 19.9. The van der Waals surface area contributed by atoms with Crippen molar-refractivity contribution in [2.24, 2.45) is 0 Å². The van der Waals surface area contributed by atoms with Crippen LogP contribution in [0.15, 0.2) is 147 Å². The zero-order valence-corrected chi connectivity index (χ0v) is 68.8. The number of aromatic nitrogens is 6. The van der Waals surface area contributed by atoms with Gasteiger partial charge in [0.15, 0.2) is 49.6 Å². The van der Waals surface area contributed by atoms with Crippen LogP contribution in [-0.2, 0) is 450 Å². The second-order valence-electron chi connectivity index (χ2n) is 7.63. The Hall–Kier alpha value is 2.02. The molecule has 0 aliphatic carbocycles. The van der Waals surface area contributed by atoms with Crippen LogP contribution < -0.4 is 19.9 Å². The molecule has 0 aliphatic rings. The molecular formula is C30H36GeMo12N6O42-72. The summed E-state index contributed by atoms with van der Waals surface area (Å²) in [5, 5.41) is 0. The van der Waals surface area contributed by atoms with E-state index in [1.54, 1.807) is 24.8 Å². The fourth-order valence-corrected chi connectivity index (χ4v) is 3.41. The molecule has 6 aromatic heterocycles. The quantitative estimate of drug-likeness (QED) is 0.167. The Morgan fingerprint density at radius 3 is 0.330 bits per heavy atom. The molecule has 0 fully saturated rings. The molecule has 0 unspecified atom stereocenters. The fraction of sp³-hybridized carbons (Fsp3) is 0. The molecule has 586 valence electrons. The summed E-state index contributed by atoms with van der Waals surface area (Å²) < 4.78 is 0. The van der Waals surface area contributed by atoms with Gasteiger partial charge in [-0.3, -0.25) is 9.97 Å². The van der Waals surface area contributed by atoms with Crippen LogP contribution in [0.25, 0.3) is 33.4 Å². The first-order valence-corrected chi connectivity index (χ1v) is 11.6. The molecule has 48 nitrogen and oxygen atoms in total. The SMILES string of the molecule is O.O.[Ge].[Mo].[Mo].[Mo].[Mo].[Mo].[Mo].[Mo].[Mo].[Mo].[Mo].[Mo].[Mo].[O-2].[O-2].[O-2].[O-2].[O-2].[O-2].[O-2].[O-2].[O-2].[O-2].[O-2].[O-2].[O-2].[O-2].[O-2].[O-2].[O-2].[O-2].[O-2].[O-2].[O-2].[O-2].[O-2].[O-2].[O-2].[O-2].[O-2].[O-2].[O-2].[O-2].[O-2].[O-2].[O-2].[O-2].[O-2].[O-2].[OH-].[OH-].[OH-].[OH-].c1cc(-c2cc[nH+]cc2)cc[nH+]1.c1cc(-c2cc[nH+]cc2)ccn1.c1cc(-c2cc[nH+]cc2)ccn1. The normalized spacial score (nSPS) is 3.82. The minimum Gasteiger partial charge on any atom is -2.00 e. The van der Waals surface area contributed by atoms with Crippen molar-refractivity contribution in [1.29, 1.82) is 0 Å². The van der Waals surface area contributed by atoms with Gasteiger partial charge in [-0.2, -0.15) is 0 Å². The Labute approximate surface area is 702 Å². The summed E-state index contributed by atoms with van der Waals surface area (Å²) >= 11 is 0. The van der Waals surface area contributed by atoms with Crippen molar-refractivity contribution in [3.05, 3.63) is 147 Å². The van der Waals surface area contributed by atoms with Gasteiger partial charge in [0.1, 0.15) is 0 Å². The summed E-state index contributed by atoms with van der Waals surface area (Å²) in [6, 6.07) is 24.3. The van der Waals surface area contributed by atoms with Gasteiger partial charge in [0.25, 0.3) is 0 Å². The summed E-state index contributed by atoms with van der Waals surface area (Å²) in [7, 11) is 0. The topological polar surface area (TPSA) is 1290 Å². The molecule has 0 spiro atoms. The maximum absolute atomic E-state index is 3.96. The van der Waals surface area contributed by atoms with Crippen molar-refractivity contribution in [3.63, 3.8) is 0 Å². The number of H-pyrrole nitrogens is 4. The first-order valence-electron chi connectivity index (χ1n) is 11.6. The van der Waals surface area contributed by atoms with Crippen molar-refractivity contribution in [2.45, 2.75) is 0 Å². The summed E-state index contributed by atoms with van der Waals surface area (Å²) in [6.07, 6.45) is 22.5. The molecule has 0 saturated heterocycles. The van der Waals surface area contributed by atoms with Gasteiger partial charge >= 0.3 is 0 Å². The molecule has 6 rings (SSSR count). The molecule has 4 radical (unpaired) electrons.